The Morgan fingerprint density at radius 1 is 0.875 bits per heavy atom. The Bertz CT molecular complexity index is 131. The summed E-state index contributed by atoms with van der Waals surface area (Å²) in [5.41, 5.74) is 0. The molecule has 0 rings (SSSR count). The Morgan fingerprint density at radius 2 is 1.44 bits per heavy atom. The van der Waals surface area contributed by atoms with Gasteiger partial charge in [0.25, 0.3) is 0 Å². The molecule has 0 aliphatic carbocycles. The lowest BCUT2D eigenvalue weighted by Gasteiger charge is -2.15. The summed E-state index contributed by atoms with van der Waals surface area (Å²) in [7, 11) is 0. The van der Waals surface area contributed by atoms with Gasteiger partial charge in [0.2, 0.25) is 0 Å². The van der Waals surface area contributed by atoms with Crippen molar-refractivity contribution in [1.29, 1.82) is 0 Å². The van der Waals surface area contributed by atoms with Crippen LogP contribution < -0.4 is 0 Å². The molecule has 0 radical (unpaired) electrons. The zero-order chi connectivity index (χ0) is 12.2. The molecule has 1 atom stereocenters. The lowest BCUT2D eigenvalue weighted by molar-refractivity contribution is 0.404. The van der Waals surface area contributed by atoms with Gasteiger partial charge in [-0.05, 0) is 24.7 Å². The third-order valence-corrected chi connectivity index (χ3v) is 4.15. The minimum atomic E-state index is 0.854. The molecular weight excluding hydrogens is 260 g/mol. The predicted molar refractivity (Wildman–Crippen MR) is 79.3 cm³/mol. The minimum Gasteiger partial charge on any atom is -0.0925 e. The standard InChI is InChI=1S/C15H31Br/c1-4-5-6-7-8-9-10-11-15(13-16)12-14(2)3/h14-15H,4-13H2,1-3H3. The molecule has 0 aromatic rings. The Kier molecular flexibility index (Phi) is 12.3. The van der Waals surface area contributed by atoms with Crippen LogP contribution in [0.5, 0.6) is 0 Å². The zero-order valence-corrected chi connectivity index (χ0v) is 13.2. The van der Waals surface area contributed by atoms with Gasteiger partial charge in [-0.2, -0.15) is 0 Å². The van der Waals surface area contributed by atoms with Gasteiger partial charge >= 0.3 is 0 Å². The van der Waals surface area contributed by atoms with Crippen molar-refractivity contribution in [3.05, 3.63) is 0 Å². The minimum absolute atomic E-state index is 0.854. The van der Waals surface area contributed by atoms with E-state index in [1.54, 1.807) is 0 Å². The molecule has 0 heterocycles. The highest BCUT2D eigenvalue weighted by atomic mass is 79.9. The first kappa shape index (κ1) is 16.5. The van der Waals surface area contributed by atoms with E-state index < -0.39 is 0 Å². The fourth-order valence-corrected chi connectivity index (χ4v) is 2.90. The van der Waals surface area contributed by atoms with Crippen LogP contribution in [0.15, 0.2) is 0 Å². The molecule has 0 saturated heterocycles. The summed E-state index contributed by atoms with van der Waals surface area (Å²) in [6.45, 7) is 6.95. The highest BCUT2D eigenvalue weighted by Gasteiger charge is 2.08. The zero-order valence-electron chi connectivity index (χ0n) is 11.6. The van der Waals surface area contributed by atoms with Crippen molar-refractivity contribution in [2.45, 2.75) is 78.6 Å². The molecule has 0 nitrogen and oxygen atoms in total. The van der Waals surface area contributed by atoms with Gasteiger partial charge in [-0.3, -0.25) is 0 Å². The van der Waals surface area contributed by atoms with E-state index in [2.05, 4.69) is 36.7 Å². The molecule has 0 amide bonds. The maximum atomic E-state index is 3.65. The van der Waals surface area contributed by atoms with Crippen LogP contribution in [0, 0.1) is 11.8 Å². The summed E-state index contributed by atoms with van der Waals surface area (Å²) < 4.78 is 0. The monoisotopic (exact) mass is 290 g/mol. The smallest absolute Gasteiger partial charge is 0.00597 e. The predicted octanol–water partition coefficient (Wildman–Crippen LogP) is 6.18. The second kappa shape index (κ2) is 12.0. The lowest BCUT2D eigenvalue weighted by atomic mass is 9.93. The Labute approximate surface area is 112 Å². The van der Waals surface area contributed by atoms with Crippen molar-refractivity contribution in [2.75, 3.05) is 5.33 Å². The second-order valence-corrected chi connectivity index (χ2v) is 6.21. The normalized spacial score (nSPS) is 13.3. The molecule has 98 valence electrons. The number of alkyl halides is 1. The molecule has 0 spiro atoms. The van der Waals surface area contributed by atoms with Crippen LogP contribution in [0.25, 0.3) is 0 Å². The summed E-state index contributed by atoms with van der Waals surface area (Å²) in [5, 5.41) is 1.20. The van der Waals surface area contributed by atoms with E-state index >= 15 is 0 Å². The van der Waals surface area contributed by atoms with Crippen LogP contribution in [0.4, 0.5) is 0 Å². The van der Waals surface area contributed by atoms with Gasteiger partial charge in [0.05, 0.1) is 0 Å². The van der Waals surface area contributed by atoms with Crippen molar-refractivity contribution in [3.8, 4) is 0 Å². The molecule has 0 aliphatic rings. The molecule has 0 N–H and O–H groups in total. The van der Waals surface area contributed by atoms with Gasteiger partial charge in [0.1, 0.15) is 0 Å². The number of rotatable bonds is 11. The van der Waals surface area contributed by atoms with Crippen LogP contribution in [0.2, 0.25) is 0 Å². The molecule has 0 aliphatic heterocycles. The van der Waals surface area contributed by atoms with E-state index in [1.165, 1.54) is 63.1 Å². The number of hydrogen-bond donors (Lipinski definition) is 0. The number of hydrogen-bond acceptors (Lipinski definition) is 0. The third kappa shape index (κ3) is 11.0. The second-order valence-electron chi connectivity index (χ2n) is 5.56. The lowest BCUT2D eigenvalue weighted by Crippen LogP contribution is -2.06. The first-order valence-electron chi connectivity index (χ1n) is 7.26. The maximum absolute atomic E-state index is 3.65. The molecule has 0 aromatic carbocycles. The summed E-state index contributed by atoms with van der Waals surface area (Å²) in [5.74, 6) is 1.77. The van der Waals surface area contributed by atoms with Crippen LogP contribution in [-0.4, -0.2) is 5.33 Å². The summed E-state index contributed by atoms with van der Waals surface area (Å²) >= 11 is 3.65. The Balaban J connectivity index is 3.27. The van der Waals surface area contributed by atoms with Crippen molar-refractivity contribution < 1.29 is 0 Å². The maximum Gasteiger partial charge on any atom is 0.00597 e. The summed E-state index contributed by atoms with van der Waals surface area (Å²) in [4.78, 5) is 0. The van der Waals surface area contributed by atoms with Gasteiger partial charge in [0, 0.05) is 5.33 Å². The van der Waals surface area contributed by atoms with E-state index in [0.717, 1.165) is 11.8 Å². The first-order chi connectivity index (χ1) is 7.70. The Hall–Kier alpha value is 0.480. The van der Waals surface area contributed by atoms with Gasteiger partial charge in [0.15, 0.2) is 0 Å². The fraction of sp³-hybridized carbons (Fsp3) is 1.00. The van der Waals surface area contributed by atoms with Crippen molar-refractivity contribution in [2.24, 2.45) is 11.8 Å². The topological polar surface area (TPSA) is 0 Å². The molecule has 1 unspecified atom stereocenters. The van der Waals surface area contributed by atoms with Crippen molar-refractivity contribution >= 4 is 15.9 Å². The molecular formula is C15H31Br. The number of halogens is 1. The average Bonchev–Trinajstić information content (AvgIpc) is 2.25. The molecule has 0 aromatic heterocycles. The van der Waals surface area contributed by atoms with Gasteiger partial charge < -0.3 is 0 Å². The summed E-state index contributed by atoms with van der Waals surface area (Å²) in [6, 6.07) is 0. The first-order valence-corrected chi connectivity index (χ1v) is 8.38. The number of unbranched alkanes of at least 4 members (excludes halogenated alkanes) is 6. The highest BCUT2D eigenvalue weighted by Crippen LogP contribution is 2.21. The quantitative estimate of drug-likeness (QED) is 0.315. The Morgan fingerprint density at radius 3 is 1.94 bits per heavy atom. The van der Waals surface area contributed by atoms with E-state index in [4.69, 9.17) is 0 Å². The third-order valence-electron chi connectivity index (χ3n) is 3.24. The highest BCUT2D eigenvalue weighted by molar-refractivity contribution is 9.09. The van der Waals surface area contributed by atoms with Crippen LogP contribution in [0.3, 0.4) is 0 Å². The summed E-state index contributed by atoms with van der Waals surface area (Å²) in [6.07, 6.45) is 12.9. The molecule has 0 bridgehead atoms. The van der Waals surface area contributed by atoms with Crippen LogP contribution in [0.1, 0.15) is 78.6 Å². The van der Waals surface area contributed by atoms with E-state index in [1.807, 2.05) is 0 Å². The molecule has 0 saturated carbocycles. The molecule has 1 heteroatoms. The van der Waals surface area contributed by atoms with Crippen LogP contribution >= 0.6 is 15.9 Å². The van der Waals surface area contributed by atoms with E-state index in [-0.39, 0.29) is 0 Å². The fourth-order valence-electron chi connectivity index (χ4n) is 2.31. The van der Waals surface area contributed by atoms with Gasteiger partial charge in [-0.25, -0.2) is 0 Å². The van der Waals surface area contributed by atoms with Crippen molar-refractivity contribution in [3.63, 3.8) is 0 Å². The molecule has 16 heavy (non-hydrogen) atoms. The van der Waals surface area contributed by atoms with E-state index in [0.29, 0.717) is 0 Å². The SMILES string of the molecule is CCCCCCCCCC(CBr)CC(C)C. The average molecular weight is 291 g/mol. The van der Waals surface area contributed by atoms with Gasteiger partial charge in [-0.15, -0.1) is 0 Å². The van der Waals surface area contributed by atoms with Gasteiger partial charge in [-0.1, -0.05) is 81.6 Å². The van der Waals surface area contributed by atoms with Crippen molar-refractivity contribution in [1.82, 2.24) is 0 Å². The van der Waals surface area contributed by atoms with Crippen LogP contribution in [-0.2, 0) is 0 Å². The van der Waals surface area contributed by atoms with E-state index in [9.17, 15) is 0 Å². The largest absolute Gasteiger partial charge is 0.0925 e. The molecule has 0 fully saturated rings.